The van der Waals surface area contributed by atoms with Gasteiger partial charge in [0.1, 0.15) is 0 Å². The maximum Gasteiger partial charge on any atom is 0.319 e. The first-order valence-corrected chi connectivity index (χ1v) is 5.69. The van der Waals surface area contributed by atoms with Crippen molar-refractivity contribution in [1.82, 2.24) is 10.6 Å². The lowest BCUT2D eigenvalue weighted by Crippen LogP contribution is -2.44. The standard InChI is InChI=1S/C14H20N2O/c1-11-7-5-6-8-12(11)9-10-15-13(17)16-14(2,3)4/h5-10H,1-4H3,(H2,15,16,17)/b10-9+. The molecule has 0 aliphatic rings. The first-order chi connectivity index (χ1) is 7.88. The highest BCUT2D eigenvalue weighted by atomic mass is 16.2. The molecule has 0 aliphatic carbocycles. The van der Waals surface area contributed by atoms with Crippen molar-refractivity contribution < 1.29 is 4.79 Å². The molecule has 0 bridgehead atoms. The van der Waals surface area contributed by atoms with Gasteiger partial charge < -0.3 is 10.6 Å². The van der Waals surface area contributed by atoms with Gasteiger partial charge in [-0.2, -0.15) is 0 Å². The third-order valence-corrected chi connectivity index (χ3v) is 2.15. The average Bonchev–Trinajstić information content (AvgIpc) is 2.18. The minimum Gasteiger partial charge on any atom is -0.333 e. The van der Waals surface area contributed by atoms with Gasteiger partial charge in [-0.25, -0.2) is 4.79 Å². The van der Waals surface area contributed by atoms with Crippen LogP contribution in [-0.2, 0) is 0 Å². The Morgan fingerprint density at radius 1 is 1.24 bits per heavy atom. The van der Waals surface area contributed by atoms with E-state index < -0.39 is 0 Å². The van der Waals surface area contributed by atoms with Gasteiger partial charge in [0.05, 0.1) is 0 Å². The van der Waals surface area contributed by atoms with Gasteiger partial charge in [0.2, 0.25) is 0 Å². The Morgan fingerprint density at radius 3 is 2.47 bits per heavy atom. The summed E-state index contributed by atoms with van der Waals surface area (Å²) in [4.78, 5) is 11.5. The molecule has 3 nitrogen and oxygen atoms in total. The predicted molar refractivity (Wildman–Crippen MR) is 71.6 cm³/mol. The van der Waals surface area contributed by atoms with Gasteiger partial charge in [-0.1, -0.05) is 24.3 Å². The van der Waals surface area contributed by atoms with Crippen LogP contribution >= 0.6 is 0 Å². The van der Waals surface area contributed by atoms with Gasteiger partial charge in [0, 0.05) is 11.7 Å². The van der Waals surface area contributed by atoms with Crippen LogP contribution in [0.15, 0.2) is 30.5 Å². The highest BCUT2D eigenvalue weighted by Gasteiger charge is 2.11. The second kappa shape index (κ2) is 5.53. The van der Waals surface area contributed by atoms with Crippen LogP contribution in [0.3, 0.4) is 0 Å². The van der Waals surface area contributed by atoms with Crippen molar-refractivity contribution in [2.45, 2.75) is 33.2 Å². The summed E-state index contributed by atoms with van der Waals surface area (Å²) in [7, 11) is 0. The van der Waals surface area contributed by atoms with E-state index in [2.05, 4.69) is 10.6 Å². The number of nitrogens with one attached hydrogen (secondary N) is 2. The van der Waals surface area contributed by atoms with Crippen LogP contribution in [0.1, 0.15) is 31.9 Å². The molecule has 0 saturated heterocycles. The predicted octanol–water partition coefficient (Wildman–Crippen LogP) is 3.06. The van der Waals surface area contributed by atoms with Crippen molar-refractivity contribution in [3.05, 3.63) is 41.6 Å². The molecule has 3 heteroatoms. The van der Waals surface area contributed by atoms with Crippen LogP contribution in [0.25, 0.3) is 6.08 Å². The Hall–Kier alpha value is -1.77. The molecule has 1 rings (SSSR count). The van der Waals surface area contributed by atoms with E-state index in [-0.39, 0.29) is 11.6 Å². The van der Waals surface area contributed by atoms with E-state index in [4.69, 9.17) is 0 Å². The molecule has 0 aliphatic heterocycles. The molecule has 92 valence electrons. The number of urea groups is 1. The second-order valence-corrected chi connectivity index (χ2v) is 5.04. The molecular weight excluding hydrogens is 212 g/mol. The summed E-state index contributed by atoms with van der Waals surface area (Å²) in [6.07, 6.45) is 3.54. The van der Waals surface area contributed by atoms with E-state index in [1.807, 2.05) is 58.0 Å². The van der Waals surface area contributed by atoms with Crippen molar-refractivity contribution in [3.8, 4) is 0 Å². The topological polar surface area (TPSA) is 41.1 Å². The van der Waals surface area contributed by atoms with Gasteiger partial charge in [-0.05, 0) is 44.9 Å². The van der Waals surface area contributed by atoms with Gasteiger partial charge in [0.15, 0.2) is 0 Å². The summed E-state index contributed by atoms with van der Waals surface area (Å²) < 4.78 is 0. The molecule has 0 radical (unpaired) electrons. The molecule has 2 amide bonds. The zero-order valence-corrected chi connectivity index (χ0v) is 10.9. The molecule has 0 spiro atoms. The number of hydrogen-bond donors (Lipinski definition) is 2. The number of benzene rings is 1. The van der Waals surface area contributed by atoms with E-state index in [0.29, 0.717) is 0 Å². The van der Waals surface area contributed by atoms with E-state index in [1.165, 1.54) is 5.56 Å². The molecule has 1 aromatic rings. The van der Waals surface area contributed by atoms with Crippen LogP contribution in [0.2, 0.25) is 0 Å². The van der Waals surface area contributed by atoms with E-state index >= 15 is 0 Å². The maximum atomic E-state index is 11.5. The summed E-state index contributed by atoms with van der Waals surface area (Å²) in [6, 6.07) is 7.82. The minimum atomic E-state index is -0.222. The fraction of sp³-hybridized carbons (Fsp3) is 0.357. The van der Waals surface area contributed by atoms with Crippen molar-refractivity contribution in [3.63, 3.8) is 0 Å². The van der Waals surface area contributed by atoms with Crippen LogP contribution in [-0.4, -0.2) is 11.6 Å². The Labute approximate surface area is 103 Å². The first kappa shape index (κ1) is 13.3. The number of amides is 2. The summed E-state index contributed by atoms with van der Waals surface area (Å²) in [5.41, 5.74) is 2.06. The number of rotatable bonds is 2. The smallest absolute Gasteiger partial charge is 0.319 e. The molecule has 17 heavy (non-hydrogen) atoms. The van der Waals surface area contributed by atoms with Gasteiger partial charge in [-0.3, -0.25) is 0 Å². The lowest BCUT2D eigenvalue weighted by molar-refractivity contribution is 0.235. The number of carbonyl (C=O) groups excluding carboxylic acids is 1. The van der Waals surface area contributed by atoms with E-state index in [1.54, 1.807) is 6.20 Å². The Morgan fingerprint density at radius 2 is 1.88 bits per heavy atom. The highest BCUT2D eigenvalue weighted by Crippen LogP contribution is 2.07. The van der Waals surface area contributed by atoms with Crippen LogP contribution in [0, 0.1) is 6.92 Å². The first-order valence-electron chi connectivity index (χ1n) is 5.69. The molecule has 0 fully saturated rings. The monoisotopic (exact) mass is 232 g/mol. The quantitative estimate of drug-likeness (QED) is 0.808. The van der Waals surface area contributed by atoms with Gasteiger partial charge in [-0.15, -0.1) is 0 Å². The lowest BCUT2D eigenvalue weighted by atomic mass is 10.1. The fourth-order valence-corrected chi connectivity index (χ4v) is 1.36. The minimum absolute atomic E-state index is 0.192. The molecule has 2 N–H and O–H groups in total. The fourth-order valence-electron chi connectivity index (χ4n) is 1.36. The molecule has 0 unspecified atom stereocenters. The van der Waals surface area contributed by atoms with Crippen molar-refractivity contribution in [2.75, 3.05) is 0 Å². The zero-order chi connectivity index (χ0) is 12.9. The third-order valence-electron chi connectivity index (χ3n) is 2.15. The lowest BCUT2D eigenvalue weighted by Gasteiger charge is -2.19. The zero-order valence-electron chi connectivity index (χ0n) is 10.9. The van der Waals surface area contributed by atoms with Crippen molar-refractivity contribution >= 4 is 12.1 Å². The van der Waals surface area contributed by atoms with Gasteiger partial charge >= 0.3 is 6.03 Å². The van der Waals surface area contributed by atoms with E-state index in [9.17, 15) is 4.79 Å². The Kier molecular flexibility index (Phi) is 4.32. The largest absolute Gasteiger partial charge is 0.333 e. The SMILES string of the molecule is Cc1ccccc1/C=C/NC(=O)NC(C)(C)C. The average molecular weight is 232 g/mol. The van der Waals surface area contributed by atoms with Crippen molar-refractivity contribution in [2.24, 2.45) is 0 Å². The molecule has 1 aromatic carbocycles. The van der Waals surface area contributed by atoms with Crippen LogP contribution < -0.4 is 10.6 Å². The Bertz CT molecular complexity index is 416. The van der Waals surface area contributed by atoms with E-state index in [0.717, 1.165) is 5.56 Å². The molecule has 0 saturated carbocycles. The molecular formula is C14H20N2O. The van der Waals surface area contributed by atoms with Crippen LogP contribution in [0.4, 0.5) is 4.79 Å². The maximum absolute atomic E-state index is 11.5. The molecule has 0 aromatic heterocycles. The highest BCUT2D eigenvalue weighted by molar-refractivity contribution is 5.76. The normalized spacial score (nSPS) is 11.5. The Balaban J connectivity index is 2.51. The summed E-state index contributed by atoms with van der Waals surface area (Å²) in [5.74, 6) is 0. The van der Waals surface area contributed by atoms with Gasteiger partial charge in [0.25, 0.3) is 0 Å². The summed E-state index contributed by atoms with van der Waals surface area (Å²) >= 11 is 0. The summed E-state index contributed by atoms with van der Waals surface area (Å²) in [6.45, 7) is 7.86. The number of aryl methyl sites for hydroxylation is 1. The second-order valence-electron chi connectivity index (χ2n) is 5.04. The van der Waals surface area contributed by atoms with Crippen LogP contribution in [0.5, 0.6) is 0 Å². The number of carbonyl (C=O) groups is 1. The molecule has 0 atom stereocenters. The third kappa shape index (κ3) is 5.20. The molecule has 0 heterocycles. The number of hydrogen-bond acceptors (Lipinski definition) is 1. The summed E-state index contributed by atoms with van der Waals surface area (Å²) in [5, 5.41) is 5.50. The van der Waals surface area contributed by atoms with Crippen molar-refractivity contribution in [1.29, 1.82) is 0 Å².